The van der Waals surface area contributed by atoms with Gasteiger partial charge in [-0.05, 0) is 19.4 Å². The van der Waals surface area contributed by atoms with E-state index in [0.717, 1.165) is 6.42 Å². The second kappa shape index (κ2) is 7.32. The van der Waals surface area contributed by atoms with Crippen molar-refractivity contribution >= 4 is 23.3 Å². The number of primary amides is 1. The molecule has 20 heavy (non-hydrogen) atoms. The van der Waals surface area contributed by atoms with E-state index >= 15 is 0 Å². The van der Waals surface area contributed by atoms with E-state index in [-0.39, 0.29) is 23.2 Å². The maximum absolute atomic E-state index is 11.6. The lowest BCUT2D eigenvalue weighted by Gasteiger charge is -2.12. The van der Waals surface area contributed by atoms with Gasteiger partial charge >= 0.3 is 0 Å². The van der Waals surface area contributed by atoms with Crippen LogP contribution in [0.25, 0.3) is 0 Å². The number of hydrogen-bond donors (Lipinski definition) is 4. The number of nitrogen functional groups attached to an aromatic ring is 1. The number of aromatic nitrogens is 1. The third-order valence-electron chi connectivity index (χ3n) is 2.88. The van der Waals surface area contributed by atoms with Gasteiger partial charge in [0.05, 0.1) is 17.4 Å². The van der Waals surface area contributed by atoms with Gasteiger partial charge in [-0.1, -0.05) is 6.92 Å². The highest BCUT2D eigenvalue weighted by Crippen LogP contribution is 2.13. The smallest absolute Gasteiger partial charge is 0.250 e. The number of amides is 2. The largest absolute Gasteiger partial charge is 0.397 e. The van der Waals surface area contributed by atoms with Gasteiger partial charge in [0.1, 0.15) is 5.82 Å². The fourth-order valence-electron chi connectivity index (χ4n) is 1.53. The summed E-state index contributed by atoms with van der Waals surface area (Å²) in [6, 6.07) is 1.64. The van der Waals surface area contributed by atoms with E-state index in [0.29, 0.717) is 18.8 Å². The van der Waals surface area contributed by atoms with E-state index in [2.05, 4.69) is 15.6 Å². The molecule has 0 aromatic carbocycles. The number of nitrogens with zero attached hydrogens (tertiary/aromatic N) is 1. The van der Waals surface area contributed by atoms with E-state index in [1.54, 1.807) is 0 Å². The summed E-state index contributed by atoms with van der Waals surface area (Å²) in [5.41, 5.74) is 11.2. The number of hydrogen-bond acceptors (Lipinski definition) is 5. The Bertz CT molecular complexity index is 490. The first-order valence-corrected chi connectivity index (χ1v) is 6.52. The number of rotatable bonds is 7. The molecule has 7 heteroatoms. The molecule has 7 nitrogen and oxygen atoms in total. The fourth-order valence-corrected chi connectivity index (χ4v) is 1.53. The lowest BCUT2D eigenvalue weighted by atomic mass is 10.2. The van der Waals surface area contributed by atoms with Crippen LogP contribution in [0.3, 0.4) is 0 Å². The van der Waals surface area contributed by atoms with Gasteiger partial charge in [0.2, 0.25) is 5.91 Å². The van der Waals surface area contributed by atoms with Crippen LogP contribution in [0, 0.1) is 0 Å². The Morgan fingerprint density at radius 2 is 2.15 bits per heavy atom. The second-order valence-electron chi connectivity index (χ2n) is 4.57. The van der Waals surface area contributed by atoms with Crippen LogP contribution in [0.2, 0.25) is 0 Å². The monoisotopic (exact) mass is 279 g/mol. The van der Waals surface area contributed by atoms with Crippen molar-refractivity contribution in [2.24, 2.45) is 5.73 Å². The summed E-state index contributed by atoms with van der Waals surface area (Å²) in [7, 11) is 0. The molecule has 0 saturated heterocycles. The van der Waals surface area contributed by atoms with Gasteiger partial charge in [0, 0.05) is 19.0 Å². The quantitative estimate of drug-likeness (QED) is 0.578. The molecule has 110 valence electrons. The van der Waals surface area contributed by atoms with Crippen LogP contribution in [-0.2, 0) is 4.79 Å². The van der Waals surface area contributed by atoms with Crippen LogP contribution < -0.4 is 22.1 Å². The first-order valence-electron chi connectivity index (χ1n) is 6.52. The topological polar surface area (TPSA) is 123 Å². The summed E-state index contributed by atoms with van der Waals surface area (Å²) in [6.45, 7) is 4.37. The molecule has 2 amide bonds. The van der Waals surface area contributed by atoms with E-state index in [9.17, 15) is 9.59 Å². The number of anilines is 2. The number of nitrogens with one attached hydrogen (secondary N) is 2. The molecule has 0 aliphatic heterocycles. The molecule has 0 aliphatic rings. The van der Waals surface area contributed by atoms with E-state index in [1.807, 2.05) is 13.8 Å². The first-order chi connectivity index (χ1) is 9.43. The molecule has 0 spiro atoms. The van der Waals surface area contributed by atoms with E-state index in [4.69, 9.17) is 11.5 Å². The van der Waals surface area contributed by atoms with Crippen molar-refractivity contribution in [3.63, 3.8) is 0 Å². The average molecular weight is 279 g/mol. The average Bonchev–Trinajstić information content (AvgIpc) is 2.40. The maximum atomic E-state index is 11.6. The highest BCUT2D eigenvalue weighted by Gasteiger charge is 2.08. The summed E-state index contributed by atoms with van der Waals surface area (Å²) in [6.07, 6.45) is 2.57. The molecule has 1 heterocycles. The van der Waals surface area contributed by atoms with Crippen LogP contribution >= 0.6 is 0 Å². The van der Waals surface area contributed by atoms with E-state index < -0.39 is 5.91 Å². The molecule has 1 aromatic heterocycles. The first kappa shape index (κ1) is 15.7. The van der Waals surface area contributed by atoms with Gasteiger partial charge in [-0.3, -0.25) is 9.59 Å². The Balaban J connectivity index is 2.48. The normalized spacial score (nSPS) is 11.7. The van der Waals surface area contributed by atoms with Gasteiger partial charge in [0.15, 0.2) is 0 Å². The third-order valence-corrected chi connectivity index (χ3v) is 2.88. The summed E-state index contributed by atoms with van der Waals surface area (Å²) in [5, 5.41) is 5.82. The van der Waals surface area contributed by atoms with Crippen molar-refractivity contribution < 1.29 is 9.59 Å². The molecule has 6 N–H and O–H groups in total. The number of carbonyl (C=O) groups is 2. The summed E-state index contributed by atoms with van der Waals surface area (Å²) >= 11 is 0. The molecule has 1 atom stereocenters. The molecule has 0 bridgehead atoms. The van der Waals surface area contributed by atoms with Crippen molar-refractivity contribution in [2.75, 3.05) is 17.6 Å². The molecule has 0 saturated carbocycles. The minimum absolute atomic E-state index is 0.0302. The Hall–Kier alpha value is -2.31. The molecule has 1 aromatic rings. The Labute approximate surface area is 118 Å². The minimum Gasteiger partial charge on any atom is -0.397 e. The summed E-state index contributed by atoms with van der Waals surface area (Å²) < 4.78 is 0. The van der Waals surface area contributed by atoms with Crippen molar-refractivity contribution in [1.82, 2.24) is 10.3 Å². The zero-order chi connectivity index (χ0) is 15.1. The van der Waals surface area contributed by atoms with Crippen molar-refractivity contribution in [3.8, 4) is 0 Å². The van der Waals surface area contributed by atoms with Crippen molar-refractivity contribution in [2.45, 2.75) is 32.7 Å². The molecule has 1 rings (SSSR count). The highest BCUT2D eigenvalue weighted by molar-refractivity contribution is 5.98. The van der Waals surface area contributed by atoms with Gasteiger partial charge in [-0.25, -0.2) is 4.98 Å². The van der Waals surface area contributed by atoms with Crippen LogP contribution in [-0.4, -0.2) is 29.4 Å². The highest BCUT2D eigenvalue weighted by atomic mass is 16.2. The van der Waals surface area contributed by atoms with Crippen LogP contribution in [0.5, 0.6) is 0 Å². The van der Waals surface area contributed by atoms with Crippen LogP contribution in [0.15, 0.2) is 12.3 Å². The molecule has 0 radical (unpaired) electrons. The number of pyridine rings is 1. The number of carbonyl (C=O) groups excluding carboxylic acids is 2. The summed E-state index contributed by atoms with van der Waals surface area (Å²) in [5.74, 6) is -0.177. The number of nitrogens with two attached hydrogens (primary N) is 2. The predicted octanol–water partition coefficient (Wildman–Crippen LogP) is 0.479. The molecular weight excluding hydrogens is 258 g/mol. The fraction of sp³-hybridized carbons (Fsp3) is 0.462. The summed E-state index contributed by atoms with van der Waals surface area (Å²) in [4.78, 5) is 26.7. The standard InChI is InChI=1S/C13H21N5O2/c1-3-8(2)18-12(19)4-5-16-11-6-9(13(15)20)10(14)7-17-11/h6-8H,3-5,14H2,1-2H3,(H2,15,20)(H,16,17)(H,18,19). The minimum atomic E-state index is -0.609. The van der Waals surface area contributed by atoms with Gasteiger partial charge in [-0.2, -0.15) is 0 Å². The lowest BCUT2D eigenvalue weighted by molar-refractivity contribution is -0.121. The van der Waals surface area contributed by atoms with Gasteiger partial charge in [-0.15, -0.1) is 0 Å². The Kier molecular flexibility index (Phi) is 5.76. The predicted molar refractivity (Wildman–Crippen MR) is 78.2 cm³/mol. The van der Waals surface area contributed by atoms with Gasteiger partial charge in [0.25, 0.3) is 5.91 Å². The van der Waals surface area contributed by atoms with Crippen LogP contribution in [0.1, 0.15) is 37.0 Å². The van der Waals surface area contributed by atoms with Gasteiger partial charge < -0.3 is 22.1 Å². The van der Waals surface area contributed by atoms with Crippen LogP contribution in [0.4, 0.5) is 11.5 Å². The van der Waals surface area contributed by atoms with E-state index in [1.165, 1.54) is 12.3 Å². The van der Waals surface area contributed by atoms with Crippen molar-refractivity contribution in [3.05, 3.63) is 17.8 Å². The Morgan fingerprint density at radius 3 is 2.75 bits per heavy atom. The Morgan fingerprint density at radius 1 is 1.45 bits per heavy atom. The van der Waals surface area contributed by atoms with Crippen molar-refractivity contribution in [1.29, 1.82) is 0 Å². The molecule has 0 fully saturated rings. The second-order valence-corrected chi connectivity index (χ2v) is 4.57. The molecule has 1 unspecified atom stereocenters. The third kappa shape index (κ3) is 4.75. The lowest BCUT2D eigenvalue weighted by Crippen LogP contribution is -2.33. The molecular formula is C13H21N5O2. The SMILES string of the molecule is CCC(C)NC(=O)CCNc1cc(C(N)=O)c(N)cn1. The zero-order valence-electron chi connectivity index (χ0n) is 11.8. The zero-order valence-corrected chi connectivity index (χ0v) is 11.8. The maximum Gasteiger partial charge on any atom is 0.250 e. The molecule has 0 aliphatic carbocycles.